The van der Waals surface area contributed by atoms with Crippen molar-refractivity contribution in [3.05, 3.63) is 24.3 Å². The summed E-state index contributed by atoms with van der Waals surface area (Å²) in [6.45, 7) is 4.93. The third kappa shape index (κ3) is 1.76. The van der Waals surface area contributed by atoms with Gasteiger partial charge < -0.3 is 5.32 Å². The first kappa shape index (κ1) is 10.6. The Hall–Kier alpha value is -1.91. The maximum Gasteiger partial charge on any atom is 0.132 e. The Morgan fingerprint density at radius 1 is 1.38 bits per heavy atom. The van der Waals surface area contributed by atoms with Crippen LogP contribution in [-0.2, 0) is 6.54 Å². The van der Waals surface area contributed by atoms with E-state index in [1.807, 2.05) is 31.0 Å². The average Bonchev–Trinajstić information content (AvgIpc) is 2.78. The van der Waals surface area contributed by atoms with E-state index in [0.29, 0.717) is 0 Å². The molecule has 5 heteroatoms. The smallest absolute Gasteiger partial charge is 0.132 e. The van der Waals surface area contributed by atoms with Crippen molar-refractivity contribution in [1.82, 2.24) is 19.7 Å². The summed E-state index contributed by atoms with van der Waals surface area (Å²) < 4.78 is 1.88. The summed E-state index contributed by atoms with van der Waals surface area (Å²) in [5.74, 6) is 0.856. The van der Waals surface area contributed by atoms with Crippen LogP contribution < -0.4 is 5.32 Å². The number of hydrogen-bond acceptors (Lipinski definition) is 4. The number of anilines is 1. The molecular weight excluding hydrogens is 202 g/mol. The van der Waals surface area contributed by atoms with Crippen LogP contribution >= 0.6 is 0 Å². The van der Waals surface area contributed by atoms with Gasteiger partial charge in [-0.05, 0) is 13.8 Å². The molecule has 2 aromatic heterocycles. The molecule has 0 aliphatic heterocycles. The summed E-state index contributed by atoms with van der Waals surface area (Å²) in [7, 11) is 1.86. The van der Waals surface area contributed by atoms with Gasteiger partial charge in [0, 0.05) is 30.9 Å². The normalized spacial score (nSPS) is 10.4. The molecule has 0 aromatic carbocycles. The van der Waals surface area contributed by atoms with Gasteiger partial charge in [0.1, 0.15) is 12.1 Å². The SMILES string of the molecule is CCn1cc(-c2ncnc(NC)c2C)cn1. The fourth-order valence-electron chi connectivity index (χ4n) is 1.65. The first-order valence-electron chi connectivity index (χ1n) is 5.28. The summed E-state index contributed by atoms with van der Waals surface area (Å²) in [5.41, 5.74) is 3.00. The van der Waals surface area contributed by atoms with Crippen molar-refractivity contribution in [2.45, 2.75) is 20.4 Å². The first-order valence-corrected chi connectivity index (χ1v) is 5.28. The van der Waals surface area contributed by atoms with Gasteiger partial charge in [-0.2, -0.15) is 5.10 Å². The summed E-state index contributed by atoms with van der Waals surface area (Å²) >= 11 is 0. The van der Waals surface area contributed by atoms with Crippen LogP contribution in [0, 0.1) is 6.92 Å². The van der Waals surface area contributed by atoms with Gasteiger partial charge in [-0.25, -0.2) is 9.97 Å². The number of aromatic nitrogens is 4. The lowest BCUT2D eigenvalue weighted by atomic mass is 10.1. The molecule has 16 heavy (non-hydrogen) atoms. The Labute approximate surface area is 94.5 Å². The van der Waals surface area contributed by atoms with Crippen LogP contribution in [0.5, 0.6) is 0 Å². The second-order valence-corrected chi connectivity index (χ2v) is 3.53. The molecule has 0 saturated carbocycles. The van der Waals surface area contributed by atoms with E-state index in [1.165, 1.54) is 0 Å². The molecular formula is C11H15N5. The standard InChI is InChI=1S/C11H15N5/c1-4-16-6-9(5-15-16)10-8(2)11(12-3)14-7-13-10/h5-7H,4H2,1-3H3,(H,12,13,14). The van der Waals surface area contributed by atoms with Gasteiger partial charge in [0.05, 0.1) is 11.9 Å². The van der Waals surface area contributed by atoms with Gasteiger partial charge in [-0.1, -0.05) is 0 Å². The van der Waals surface area contributed by atoms with Gasteiger partial charge in [0.2, 0.25) is 0 Å². The zero-order valence-electron chi connectivity index (χ0n) is 9.73. The van der Waals surface area contributed by atoms with Crippen LogP contribution in [-0.4, -0.2) is 26.8 Å². The Balaban J connectivity index is 2.47. The van der Waals surface area contributed by atoms with Crippen molar-refractivity contribution < 1.29 is 0 Å². The minimum Gasteiger partial charge on any atom is -0.373 e. The fourth-order valence-corrected chi connectivity index (χ4v) is 1.65. The van der Waals surface area contributed by atoms with E-state index in [2.05, 4.69) is 27.3 Å². The lowest BCUT2D eigenvalue weighted by molar-refractivity contribution is 0.660. The van der Waals surface area contributed by atoms with Crippen molar-refractivity contribution in [3.8, 4) is 11.3 Å². The largest absolute Gasteiger partial charge is 0.373 e. The zero-order valence-corrected chi connectivity index (χ0v) is 9.73. The van der Waals surface area contributed by atoms with Gasteiger partial charge in [-0.3, -0.25) is 4.68 Å². The predicted molar refractivity (Wildman–Crippen MR) is 63.2 cm³/mol. The Kier molecular flexibility index (Phi) is 2.85. The van der Waals surface area contributed by atoms with Gasteiger partial charge in [0.15, 0.2) is 0 Å². The maximum atomic E-state index is 4.30. The number of aryl methyl sites for hydroxylation is 1. The second-order valence-electron chi connectivity index (χ2n) is 3.53. The highest BCUT2D eigenvalue weighted by molar-refractivity contribution is 5.66. The molecule has 2 rings (SSSR count). The molecule has 0 radical (unpaired) electrons. The number of nitrogens with zero attached hydrogens (tertiary/aromatic N) is 4. The van der Waals surface area contributed by atoms with Crippen LogP contribution in [0.2, 0.25) is 0 Å². The summed E-state index contributed by atoms with van der Waals surface area (Å²) in [5, 5.41) is 7.29. The summed E-state index contributed by atoms with van der Waals surface area (Å²) in [6, 6.07) is 0. The van der Waals surface area contributed by atoms with Gasteiger partial charge in [0.25, 0.3) is 0 Å². The second kappa shape index (κ2) is 4.30. The van der Waals surface area contributed by atoms with E-state index in [4.69, 9.17) is 0 Å². The molecule has 0 aliphatic rings. The third-order valence-electron chi connectivity index (χ3n) is 2.55. The number of rotatable bonds is 3. The maximum absolute atomic E-state index is 4.30. The number of hydrogen-bond donors (Lipinski definition) is 1. The molecule has 5 nitrogen and oxygen atoms in total. The van der Waals surface area contributed by atoms with Crippen molar-refractivity contribution in [2.75, 3.05) is 12.4 Å². The lowest BCUT2D eigenvalue weighted by Crippen LogP contribution is -1.99. The molecule has 0 bridgehead atoms. The van der Waals surface area contributed by atoms with Crippen LogP contribution in [0.15, 0.2) is 18.7 Å². The highest BCUT2D eigenvalue weighted by atomic mass is 15.3. The highest BCUT2D eigenvalue weighted by Crippen LogP contribution is 2.23. The highest BCUT2D eigenvalue weighted by Gasteiger charge is 2.09. The Morgan fingerprint density at radius 2 is 2.19 bits per heavy atom. The molecule has 0 unspecified atom stereocenters. The van der Waals surface area contributed by atoms with Gasteiger partial charge in [-0.15, -0.1) is 0 Å². The Morgan fingerprint density at radius 3 is 2.81 bits per heavy atom. The predicted octanol–water partition coefficient (Wildman–Crippen LogP) is 1.71. The van der Waals surface area contributed by atoms with E-state index in [0.717, 1.165) is 29.2 Å². The molecule has 1 N–H and O–H groups in total. The van der Waals surface area contributed by atoms with Crippen LogP contribution in [0.3, 0.4) is 0 Å². The van der Waals surface area contributed by atoms with Gasteiger partial charge >= 0.3 is 0 Å². The van der Waals surface area contributed by atoms with Crippen LogP contribution in [0.1, 0.15) is 12.5 Å². The fraction of sp³-hybridized carbons (Fsp3) is 0.364. The van der Waals surface area contributed by atoms with E-state index >= 15 is 0 Å². The minimum atomic E-state index is 0.856. The molecule has 2 heterocycles. The van der Waals surface area contributed by atoms with E-state index in [1.54, 1.807) is 6.33 Å². The molecule has 0 aliphatic carbocycles. The van der Waals surface area contributed by atoms with E-state index < -0.39 is 0 Å². The monoisotopic (exact) mass is 217 g/mol. The van der Waals surface area contributed by atoms with Crippen molar-refractivity contribution >= 4 is 5.82 Å². The third-order valence-corrected chi connectivity index (χ3v) is 2.55. The molecule has 84 valence electrons. The summed E-state index contributed by atoms with van der Waals surface area (Å²) in [6.07, 6.45) is 5.39. The van der Waals surface area contributed by atoms with E-state index in [-0.39, 0.29) is 0 Å². The van der Waals surface area contributed by atoms with E-state index in [9.17, 15) is 0 Å². The first-order chi connectivity index (χ1) is 7.76. The topological polar surface area (TPSA) is 55.6 Å². The lowest BCUT2D eigenvalue weighted by Gasteiger charge is -2.06. The molecule has 0 amide bonds. The van der Waals surface area contributed by atoms with Crippen molar-refractivity contribution in [2.24, 2.45) is 0 Å². The molecule has 0 atom stereocenters. The molecule has 0 fully saturated rings. The Bertz CT molecular complexity index is 489. The minimum absolute atomic E-state index is 0.856. The average molecular weight is 217 g/mol. The van der Waals surface area contributed by atoms with Crippen LogP contribution in [0.25, 0.3) is 11.3 Å². The number of nitrogens with one attached hydrogen (secondary N) is 1. The summed E-state index contributed by atoms with van der Waals surface area (Å²) in [4.78, 5) is 8.46. The van der Waals surface area contributed by atoms with Crippen molar-refractivity contribution in [1.29, 1.82) is 0 Å². The van der Waals surface area contributed by atoms with Crippen molar-refractivity contribution in [3.63, 3.8) is 0 Å². The molecule has 0 saturated heterocycles. The molecule has 0 spiro atoms. The zero-order chi connectivity index (χ0) is 11.5. The molecule has 2 aromatic rings. The van der Waals surface area contributed by atoms with Crippen LogP contribution in [0.4, 0.5) is 5.82 Å². The quantitative estimate of drug-likeness (QED) is 0.850.